The van der Waals surface area contributed by atoms with E-state index in [0.717, 1.165) is 41.2 Å². The molecule has 0 radical (unpaired) electrons. The maximum atomic E-state index is 13.5. The summed E-state index contributed by atoms with van der Waals surface area (Å²) < 4.78 is 111. The van der Waals surface area contributed by atoms with Gasteiger partial charge in [-0.25, -0.2) is 9.97 Å². The Morgan fingerprint density at radius 3 is 1.28 bits per heavy atom. The molecule has 6 rings (SSSR count). The highest BCUT2D eigenvalue weighted by Crippen LogP contribution is 2.35. The number of benzene rings is 2. The number of hydrogen-bond acceptors (Lipinski definition) is 13. The molecule has 2 aromatic carbocycles. The Labute approximate surface area is 498 Å². The molecule has 0 unspecified atom stereocenters. The standard InChI is InChI=1S/C31H42F3N3O4Si.C22H26F3N3O2Si.C9H18O3/c1-21-16-22(11-13-25(21)40-19-30(5,6)28(38)41-29(2,3)4)24-12-10-23(17-35-24)27-36-26(31(32,33)34)18-37(27)20-39-14-15-42(7,8)9;1-15-11-16(6-8-19(15)29)18-7-5-17(12-26-18)21-27-20(22(23,24)25)13-28(21)14-30-9-10-31(2,3)4;1-8(2,3)12-7(11)9(4,5)6-10/h10-13,16-18H,14-15,19-20H2,1-9H3;5-8,11-13,29H,9-10,14H2,1-4H3;10H,6H2,1-5H3. The molecule has 468 valence electrons. The van der Waals surface area contributed by atoms with Crippen LogP contribution in [0.1, 0.15) is 91.8 Å². The monoisotopic (exact) mass is 1230 g/mol. The molecule has 4 aromatic heterocycles. The van der Waals surface area contributed by atoms with Gasteiger partial charge in [0, 0.05) is 76.4 Å². The van der Waals surface area contributed by atoms with Crippen molar-refractivity contribution < 1.29 is 69.8 Å². The van der Waals surface area contributed by atoms with Crippen LogP contribution in [-0.2, 0) is 54.4 Å². The fraction of sp³-hybridized carbons (Fsp3) is 0.516. The summed E-state index contributed by atoms with van der Waals surface area (Å²) in [5, 5.41) is 18.5. The number of phenolic OH excluding ortho intramolecular Hbond substituents is 1. The zero-order chi connectivity index (χ0) is 64.3. The molecule has 2 N–H and O–H groups in total. The molecule has 0 aliphatic heterocycles. The van der Waals surface area contributed by atoms with Gasteiger partial charge in [-0.2, -0.15) is 26.3 Å². The van der Waals surface area contributed by atoms with Crippen LogP contribution in [-0.4, -0.2) is 105 Å². The highest BCUT2D eigenvalue weighted by Gasteiger charge is 2.37. The number of carbonyl (C=O) groups excluding carboxylic acids is 2. The molecule has 0 aliphatic rings. The Balaban J connectivity index is 0.000000314. The van der Waals surface area contributed by atoms with Crippen molar-refractivity contribution in [3.63, 3.8) is 0 Å². The first-order valence-electron chi connectivity index (χ1n) is 27.9. The Hall–Kier alpha value is -6.41. The molecule has 4 heterocycles. The van der Waals surface area contributed by atoms with E-state index in [4.69, 9.17) is 28.8 Å². The number of ether oxygens (including phenoxy) is 5. The number of imidazole rings is 2. The Bertz CT molecular complexity index is 3150. The lowest BCUT2D eigenvalue weighted by atomic mass is 9.94. The van der Waals surface area contributed by atoms with E-state index in [1.54, 1.807) is 97.9 Å². The number of esters is 2. The van der Waals surface area contributed by atoms with Crippen LogP contribution >= 0.6 is 0 Å². The number of aryl methyl sites for hydroxylation is 2. The van der Waals surface area contributed by atoms with E-state index in [9.17, 15) is 41.0 Å². The van der Waals surface area contributed by atoms with E-state index in [-0.39, 0.29) is 56.0 Å². The van der Waals surface area contributed by atoms with Crippen LogP contribution in [0.3, 0.4) is 0 Å². The molecule has 6 aromatic rings. The van der Waals surface area contributed by atoms with E-state index in [0.29, 0.717) is 47.0 Å². The van der Waals surface area contributed by atoms with Gasteiger partial charge in [0.2, 0.25) is 0 Å². The van der Waals surface area contributed by atoms with Crippen molar-refractivity contribution in [1.82, 2.24) is 29.1 Å². The first kappa shape index (κ1) is 71.1. The van der Waals surface area contributed by atoms with Crippen LogP contribution in [0.2, 0.25) is 51.4 Å². The summed E-state index contributed by atoms with van der Waals surface area (Å²) in [6, 6.07) is 19.4. The van der Waals surface area contributed by atoms with Gasteiger partial charge in [0.15, 0.2) is 11.4 Å². The van der Waals surface area contributed by atoms with Crippen molar-refractivity contribution in [2.24, 2.45) is 10.8 Å². The largest absolute Gasteiger partial charge is 0.508 e. The molecule has 0 saturated carbocycles. The molecule has 0 atom stereocenters. The number of aromatic nitrogens is 6. The molecule has 0 amide bonds. The third-order valence-electron chi connectivity index (χ3n) is 12.5. The van der Waals surface area contributed by atoms with Crippen molar-refractivity contribution in [3.05, 3.63) is 108 Å². The molecule has 0 spiro atoms. The fourth-order valence-electron chi connectivity index (χ4n) is 7.24. The van der Waals surface area contributed by atoms with E-state index < -0.39 is 61.9 Å². The summed E-state index contributed by atoms with van der Waals surface area (Å²) in [7, 11) is -2.64. The van der Waals surface area contributed by atoms with Crippen LogP contribution in [0.15, 0.2) is 85.5 Å². The smallest absolute Gasteiger partial charge is 0.434 e. The average Bonchev–Trinajstić information content (AvgIpc) is 2.60. The maximum Gasteiger partial charge on any atom is 0.434 e. The van der Waals surface area contributed by atoms with Gasteiger partial charge in [0.25, 0.3) is 0 Å². The molecular weight excluding hydrogens is 1140 g/mol. The molecule has 0 fully saturated rings. The fourth-order valence-corrected chi connectivity index (χ4v) is 8.75. The summed E-state index contributed by atoms with van der Waals surface area (Å²) in [4.78, 5) is 40.4. The van der Waals surface area contributed by atoms with Gasteiger partial charge in [-0.1, -0.05) is 39.3 Å². The number of rotatable bonds is 20. The summed E-state index contributed by atoms with van der Waals surface area (Å²) in [5.74, 6) is 0.411. The van der Waals surface area contributed by atoms with E-state index in [2.05, 4.69) is 59.2 Å². The summed E-state index contributed by atoms with van der Waals surface area (Å²) >= 11 is 0. The first-order valence-corrected chi connectivity index (χ1v) is 35.3. The van der Waals surface area contributed by atoms with E-state index in [1.807, 2.05) is 45.9 Å². The number of carbonyl (C=O) groups is 2. The summed E-state index contributed by atoms with van der Waals surface area (Å²) in [6.07, 6.45) is -4.16. The second-order valence-electron chi connectivity index (χ2n) is 26.6. The number of phenols is 1. The quantitative estimate of drug-likeness (QED) is 0.0319. The van der Waals surface area contributed by atoms with Crippen LogP contribution in [0.4, 0.5) is 26.3 Å². The van der Waals surface area contributed by atoms with Crippen molar-refractivity contribution in [2.45, 2.75) is 171 Å². The molecule has 85 heavy (non-hydrogen) atoms. The van der Waals surface area contributed by atoms with E-state index in [1.165, 1.54) is 21.5 Å². The Kier molecular flexibility index (Phi) is 23.8. The van der Waals surface area contributed by atoms with Gasteiger partial charge in [-0.05, 0) is 167 Å². The molecular formula is C62H86F6N6O9Si2. The normalized spacial score (nSPS) is 12.7. The Morgan fingerprint density at radius 2 is 0.941 bits per heavy atom. The predicted octanol–water partition coefficient (Wildman–Crippen LogP) is 15.3. The number of nitrogens with zero attached hydrogens (tertiary/aromatic N) is 6. The minimum absolute atomic E-state index is 0.0121. The number of aliphatic hydroxyl groups is 1. The molecule has 0 bridgehead atoms. The average molecular weight is 1230 g/mol. The highest BCUT2D eigenvalue weighted by atomic mass is 28.3. The van der Waals surface area contributed by atoms with Crippen LogP contribution in [0.5, 0.6) is 11.5 Å². The number of aliphatic hydroxyl groups excluding tert-OH is 1. The van der Waals surface area contributed by atoms with Gasteiger partial charge in [-0.15, -0.1) is 0 Å². The van der Waals surface area contributed by atoms with Crippen LogP contribution in [0.25, 0.3) is 45.3 Å². The summed E-state index contributed by atoms with van der Waals surface area (Å²) in [6.45, 7) is 35.6. The zero-order valence-electron chi connectivity index (χ0n) is 52.4. The van der Waals surface area contributed by atoms with Crippen LogP contribution in [0, 0.1) is 24.7 Å². The zero-order valence-corrected chi connectivity index (χ0v) is 54.4. The minimum atomic E-state index is -4.57. The van der Waals surface area contributed by atoms with Gasteiger partial charge in [-0.3, -0.25) is 19.6 Å². The van der Waals surface area contributed by atoms with Crippen molar-refractivity contribution in [2.75, 3.05) is 26.4 Å². The van der Waals surface area contributed by atoms with Crippen LogP contribution < -0.4 is 4.74 Å². The van der Waals surface area contributed by atoms with E-state index >= 15 is 0 Å². The SMILES string of the molecule is CC(C)(C)OC(=O)C(C)(C)CO.Cc1cc(-c2ccc(-c3nc(C(F)(F)F)cn3COCC[Si](C)(C)C)cn2)ccc1O.Cc1cc(-c2ccc(-c3nc(C(F)(F)F)cn3COCC[Si](C)(C)C)cn2)ccc1OCC(C)(C)C(=O)OC(C)(C)C. The van der Waals surface area contributed by atoms with Crippen molar-refractivity contribution in [3.8, 4) is 56.8 Å². The van der Waals surface area contributed by atoms with Gasteiger partial charge in [0.05, 0.1) is 28.8 Å². The second-order valence-corrected chi connectivity index (χ2v) is 37.8. The topological polar surface area (TPSA) is 182 Å². The minimum Gasteiger partial charge on any atom is -0.508 e. The van der Waals surface area contributed by atoms with Crippen molar-refractivity contribution in [1.29, 1.82) is 0 Å². The third-order valence-corrected chi connectivity index (χ3v) is 15.9. The lowest BCUT2D eigenvalue weighted by Crippen LogP contribution is -2.37. The Morgan fingerprint density at radius 1 is 0.553 bits per heavy atom. The second kappa shape index (κ2) is 28.4. The third kappa shape index (κ3) is 23.1. The lowest BCUT2D eigenvalue weighted by molar-refractivity contribution is -0.168. The number of halogens is 6. The summed E-state index contributed by atoms with van der Waals surface area (Å²) in [5.41, 5.74) is 0.721. The number of hydrogen-bond donors (Lipinski definition) is 2. The van der Waals surface area contributed by atoms with Gasteiger partial charge < -0.3 is 43.0 Å². The molecule has 0 saturated heterocycles. The first-order chi connectivity index (χ1) is 38.9. The highest BCUT2D eigenvalue weighted by molar-refractivity contribution is 6.76. The lowest BCUT2D eigenvalue weighted by Gasteiger charge is -2.28. The number of pyridine rings is 2. The van der Waals surface area contributed by atoms with Gasteiger partial charge in [0.1, 0.15) is 54.4 Å². The molecule has 15 nitrogen and oxygen atoms in total. The van der Waals surface area contributed by atoms with Crippen molar-refractivity contribution >= 4 is 28.1 Å². The predicted molar refractivity (Wildman–Crippen MR) is 323 cm³/mol. The maximum absolute atomic E-state index is 13.5. The number of alkyl halides is 6. The molecule has 23 heteroatoms. The molecule has 0 aliphatic carbocycles. The van der Waals surface area contributed by atoms with Gasteiger partial charge >= 0.3 is 24.3 Å². The number of aromatic hydroxyl groups is 1.